The third-order valence-electron chi connectivity index (χ3n) is 3.32. The van der Waals surface area contributed by atoms with Gasteiger partial charge in [-0.1, -0.05) is 29.3 Å². The number of aromatic nitrogens is 2. The van der Waals surface area contributed by atoms with E-state index in [1.807, 2.05) is 36.6 Å². The lowest BCUT2D eigenvalue weighted by atomic mass is 10.2. The molecule has 0 aliphatic carbocycles. The second-order valence-electron chi connectivity index (χ2n) is 5.42. The largest absolute Gasteiger partial charge is 0.486 e. The molecule has 7 heteroatoms. The number of thiazole rings is 1. The Morgan fingerprint density at radius 2 is 2.04 bits per heavy atom. The molecule has 25 heavy (non-hydrogen) atoms. The van der Waals surface area contributed by atoms with Crippen molar-refractivity contribution in [3.05, 3.63) is 69.3 Å². The number of ether oxygens (including phenoxy) is 1. The average Bonchev–Trinajstić information content (AvgIpc) is 3.04. The molecule has 0 saturated carbocycles. The van der Waals surface area contributed by atoms with E-state index in [1.54, 1.807) is 12.1 Å². The van der Waals surface area contributed by atoms with Crippen molar-refractivity contribution in [1.82, 2.24) is 9.97 Å². The fourth-order valence-corrected chi connectivity index (χ4v) is 2.89. The molecule has 5 nitrogen and oxygen atoms in total. The van der Waals surface area contributed by atoms with Gasteiger partial charge in [0.25, 0.3) is 0 Å². The summed E-state index contributed by atoms with van der Waals surface area (Å²) in [6.07, 6.45) is 1.67. The maximum absolute atomic E-state index is 12.0. The van der Waals surface area contributed by atoms with Crippen LogP contribution < -0.4 is 10.1 Å². The summed E-state index contributed by atoms with van der Waals surface area (Å²) in [7, 11) is 0. The smallest absolute Gasteiger partial charge is 0.231 e. The summed E-state index contributed by atoms with van der Waals surface area (Å²) in [5.41, 5.74) is 1.89. The highest BCUT2D eigenvalue weighted by Gasteiger charge is 2.09. The van der Waals surface area contributed by atoms with Gasteiger partial charge in [-0.05, 0) is 31.2 Å². The number of amides is 1. The van der Waals surface area contributed by atoms with Crippen LogP contribution in [-0.2, 0) is 17.8 Å². The molecule has 3 rings (SSSR count). The van der Waals surface area contributed by atoms with Crippen LogP contribution in [0.2, 0.25) is 5.02 Å². The number of pyridine rings is 1. The van der Waals surface area contributed by atoms with Crippen LogP contribution in [0, 0.1) is 6.92 Å². The number of benzene rings is 1. The molecule has 3 aromatic rings. The molecule has 0 aliphatic heterocycles. The zero-order valence-electron chi connectivity index (χ0n) is 13.5. The molecule has 0 saturated heterocycles. The highest BCUT2D eigenvalue weighted by molar-refractivity contribution is 7.09. The van der Waals surface area contributed by atoms with Gasteiger partial charge in [0, 0.05) is 11.6 Å². The zero-order chi connectivity index (χ0) is 17.6. The molecule has 1 N–H and O–H groups in total. The molecule has 2 aromatic heterocycles. The molecule has 0 unspecified atom stereocenters. The van der Waals surface area contributed by atoms with Gasteiger partial charge in [-0.3, -0.25) is 4.79 Å². The number of halogens is 1. The summed E-state index contributed by atoms with van der Waals surface area (Å²) >= 11 is 7.24. The second kappa shape index (κ2) is 8.09. The Hall–Kier alpha value is -2.44. The minimum Gasteiger partial charge on any atom is -0.486 e. The van der Waals surface area contributed by atoms with E-state index >= 15 is 0 Å². The first-order valence-corrected chi connectivity index (χ1v) is 8.88. The lowest BCUT2D eigenvalue weighted by Crippen LogP contribution is -2.15. The summed E-state index contributed by atoms with van der Waals surface area (Å²) in [6, 6.07) is 11.2. The van der Waals surface area contributed by atoms with Gasteiger partial charge in [0.1, 0.15) is 23.2 Å². The van der Waals surface area contributed by atoms with Gasteiger partial charge in [-0.15, -0.1) is 11.3 Å². The summed E-state index contributed by atoms with van der Waals surface area (Å²) in [6.45, 7) is 2.41. The number of nitrogens with zero attached hydrogens (tertiary/aromatic N) is 2. The first-order chi connectivity index (χ1) is 12.1. The van der Waals surface area contributed by atoms with Gasteiger partial charge in [-0.2, -0.15) is 0 Å². The van der Waals surface area contributed by atoms with E-state index in [9.17, 15) is 4.79 Å². The van der Waals surface area contributed by atoms with Crippen LogP contribution in [0.25, 0.3) is 0 Å². The Morgan fingerprint density at radius 1 is 1.24 bits per heavy atom. The third-order valence-corrected chi connectivity index (χ3v) is 4.41. The van der Waals surface area contributed by atoms with Gasteiger partial charge >= 0.3 is 0 Å². The van der Waals surface area contributed by atoms with Crippen molar-refractivity contribution in [1.29, 1.82) is 0 Å². The molecule has 128 valence electrons. The van der Waals surface area contributed by atoms with E-state index < -0.39 is 0 Å². The maximum atomic E-state index is 12.0. The van der Waals surface area contributed by atoms with Gasteiger partial charge < -0.3 is 10.1 Å². The molecular formula is C18H16ClN3O2S. The van der Waals surface area contributed by atoms with Crippen LogP contribution in [0.5, 0.6) is 5.75 Å². The van der Waals surface area contributed by atoms with Crippen molar-refractivity contribution >= 4 is 34.7 Å². The van der Waals surface area contributed by atoms with Gasteiger partial charge in [0.05, 0.1) is 17.1 Å². The predicted octanol–water partition coefficient (Wildman–Crippen LogP) is 4.26. The second-order valence-corrected chi connectivity index (χ2v) is 6.80. The Morgan fingerprint density at radius 3 is 2.76 bits per heavy atom. The van der Waals surface area contributed by atoms with E-state index in [4.69, 9.17) is 16.3 Å². The van der Waals surface area contributed by atoms with E-state index in [-0.39, 0.29) is 12.3 Å². The summed E-state index contributed by atoms with van der Waals surface area (Å²) in [4.78, 5) is 20.5. The van der Waals surface area contributed by atoms with E-state index in [1.165, 1.54) is 23.1 Å². The number of carbonyl (C=O) groups excluding carboxylic acids is 1. The molecule has 2 heterocycles. The SMILES string of the molecule is Cc1ccc(OCc2nc(CC(=O)Nc3ccc(Cl)cn3)cs2)cc1. The minimum absolute atomic E-state index is 0.175. The summed E-state index contributed by atoms with van der Waals surface area (Å²) in [5, 5.41) is 5.93. The van der Waals surface area contributed by atoms with Crippen molar-refractivity contribution in [2.24, 2.45) is 0 Å². The molecule has 0 fully saturated rings. The first-order valence-electron chi connectivity index (χ1n) is 7.62. The van der Waals surface area contributed by atoms with Crippen LogP contribution >= 0.6 is 22.9 Å². The highest BCUT2D eigenvalue weighted by Crippen LogP contribution is 2.17. The lowest BCUT2D eigenvalue weighted by molar-refractivity contribution is -0.115. The maximum Gasteiger partial charge on any atom is 0.231 e. The van der Waals surface area contributed by atoms with E-state index in [2.05, 4.69) is 15.3 Å². The fraction of sp³-hybridized carbons (Fsp3) is 0.167. The van der Waals surface area contributed by atoms with Gasteiger partial charge in [0.2, 0.25) is 5.91 Å². The van der Waals surface area contributed by atoms with Crippen molar-refractivity contribution in [2.45, 2.75) is 20.0 Å². The van der Waals surface area contributed by atoms with Crippen molar-refractivity contribution < 1.29 is 9.53 Å². The molecular weight excluding hydrogens is 358 g/mol. The number of hydrogen-bond donors (Lipinski definition) is 1. The van der Waals surface area contributed by atoms with Gasteiger partial charge in [0.15, 0.2) is 0 Å². The molecule has 0 radical (unpaired) electrons. The van der Waals surface area contributed by atoms with Crippen molar-refractivity contribution in [3.63, 3.8) is 0 Å². The van der Waals surface area contributed by atoms with Crippen LogP contribution in [0.3, 0.4) is 0 Å². The summed E-state index contributed by atoms with van der Waals surface area (Å²) < 4.78 is 5.70. The van der Waals surface area contributed by atoms with Crippen LogP contribution in [0.1, 0.15) is 16.3 Å². The normalized spacial score (nSPS) is 10.5. The number of carbonyl (C=O) groups is 1. The average molecular weight is 374 g/mol. The van der Waals surface area contributed by atoms with Crippen molar-refractivity contribution in [2.75, 3.05) is 5.32 Å². The standard InChI is InChI=1S/C18H16ClN3O2S/c1-12-2-5-15(6-3-12)24-10-18-21-14(11-25-18)8-17(23)22-16-7-4-13(19)9-20-16/h2-7,9,11H,8,10H2,1H3,(H,20,22,23). The number of rotatable bonds is 6. The molecule has 1 amide bonds. The molecule has 0 aliphatic rings. The zero-order valence-corrected chi connectivity index (χ0v) is 15.1. The highest BCUT2D eigenvalue weighted by atomic mass is 35.5. The van der Waals surface area contributed by atoms with Crippen LogP contribution in [0.4, 0.5) is 5.82 Å². The summed E-state index contributed by atoms with van der Waals surface area (Å²) in [5.74, 6) is 1.09. The first kappa shape index (κ1) is 17.4. The number of nitrogens with one attached hydrogen (secondary N) is 1. The number of hydrogen-bond acceptors (Lipinski definition) is 5. The van der Waals surface area contributed by atoms with Crippen LogP contribution in [0.15, 0.2) is 48.0 Å². The molecule has 0 spiro atoms. The topological polar surface area (TPSA) is 64.1 Å². The Kier molecular flexibility index (Phi) is 5.63. The Labute approximate surface area is 154 Å². The van der Waals surface area contributed by atoms with Gasteiger partial charge in [-0.25, -0.2) is 9.97 Å². The molecule has 0 bridgehead atoms. The monoisotopic (exact) mass is 373 g/mol. The molecule has 0 atom stereocenters. The number of anilines is 1. The quantitative estimate of drug-likeness (QED) is 0.701. The van der Waals surface area contributed by atoms with E-state index in [0.29, 0.717) is 23.1 Å². The van der Waals surface area contributed by atoms with Crippen LogP contribution in [-0.4, -0.2) is 15.9 Å². The minimum atomic E-state index is -0.175. The predicted molar refractivity (Wildman–Crippen MR) is 99.2 cm³/mol. The Bertz CT molecular complexity index is 848. The van der Waals surface area contributed by atoms with Crippen molar-refractivity contribution in [3.8, 4) is 5.75 Å². The van der Waals surface area contributed by atoms with E-state index in [0.717, 1.165) is 10.8 Å². The fourth-order valence-electron chi connectivity index (χ4n) is 2.08. The Balaban J connectivity index is 1.51. The lowest BCUT2D eigenvalue weighted by Gasteiger charge is -2.04. The third kappa shape index (κ3) is 5.27. The molecule has 1 aromatic carbocycles. The number of aryl methyl sites for hydroxylation is 1.